The summed E-state index contributed by atoms with van der Waals surface area (Å²) in [6, 6.07) is 8.19. The zero-order valence-electron chi connectivity index (χ0n) is 8.36. The highest BCUT2D eigenvalue weighted by molar-refractivity contribution is 5.74. The molecule has 2 rings (SSSR count). The van der Waals surface area contributed by atoms with E-state index >= 15 is 0 Å². The molecule has 1 nitrogen and oxygen atoms in total. The SMILES string of the molecule is COc1ccc(C2=CCCC=C2)cc1. The Hall–Kier alpha value is -1.50. The Labute approximate surface area is 84.7 Å². The van der Waals surface area contributed by atoms with Crippen molar-refractivity contribution in [2.75, 3.05) is 7.11 Å². The fraction of sp³-hybridized carbons (Fsp3) is 0.231. The number of methoxy groups -OCH3 is 1. The predicted octanol–water partition coefficient (Wildman–Crippen LogP) is 3.43. The highest BCUT2D eigenvalue weighted by atomic mass is 16.5. The number of hydrogen-bond acceptors (Lipinski definition) is 1. The van der Waals surface area contributed by atoms with Gasteiger partial charge in [-0.3, -0.25) is 0 Å². The molecular weight excluding hydrogens is 172 g/mol. The Bertz CT molecular complexity index is 357. The van der Waals surface area contributed by atoms with Crippen LogP contribution in [-0.4, -0.2) is 7.11 Å². The van der Waals surface area contributed by atoms with E-state index in [1.807, 2.05) is 12.1 Å². The number of hydrogen-bond donors (Lipinski definition) is 0. The van der Waals surface area contributed by atoms with Crippen molar-refractivity contribution in [3.63, 3.8) is 0 Å². The zero-order valence-corrected chi connectivity index (χ0v) is 8.36. The molecule has 0 aliphatic heterocycles. The van der Waals surface area contributed by atoms with E-state index in [0.29, 0.717) is 0 Å². The van der Waals surface area contributed by atoms with Crippen LogP contribution in [0, 0.1) is 0 Å². The van der Waals surface area contributed by atoms with Crippen molar-refractivity contribution in [3.05, 3.63) is 48.1 Å². The van der Waals surface area contributed by atoms with Crippen molar-refractivity contribution >= 4 is 5.57 Å². The maximum Gasteiger partial charge on any atom is 0.118 e. The molecule has 1 aromatic rings. The highest BCUT2D eigenvalue weighted by Crippen LogP contribution is 2.23. The molecule has 72 valence electrons. The third-order valence-corrected chi connectivity index (χ3v) is 2.42. The van der Waals surface area contributed by atoms with Crippen LogP contribution in [0.25, 0.3) is 5.57 Å². The lowest BCUT2D eigenvalue weighted by atomic mass is 10.00. The molecule has 0 aromatic heterocycles. The molecule has 1 aliphatic rings. The van der Waals surface area contributed by atoms with Crippen LogP contribution in [0.1, 0.15) is 18.4 Å². The first-order valence-electron chi connectivity index (χ1n) is 4.91. The van der Waals surface area contributed by atoms with Crippen LogP contribution in [0.5, 0.6) is 5.75 Å². The van der Waals surface area contributed by atoms with Crippen molar-refractivity contribution in [2.24, 2.45) is 0 Å². The molecule has 0 fully saturated rings. The van der Waals surface area contributed by atoms with Gasteiger partial charge >= 0.3 is 0 Å². The Kier molecular flexibility index (Phi) is 2.68. The first kappa shape index (κ1) is 9.07. The minimum absolute atomic E-state index is 0.911. The summed E-state index contributed by atoms with van der Waals surface area (Å²) in [5.74, 6) is 0.911. The number of ether oxygens (including phenoxy) is 1. The summed E-state index contributed by atoms with van der Waals surface area (Å²) >= 11 is 0. The quantitative estimate of drug-likeness (QED) is 0.687. The third kappa shape index (κ3) is 1.87. The van der Waals surface area contributed by atoms with Crippen molar-refractivity contribution < 1.29 is 4.74 Å². The maximum absolute atomic E-state index is 5.12. The molecule has 1 aliphatic carbocycles. The van der Waals surface area contributed by atoms with Gasteiger partial charge in [0.15, 0.2) is 0 Å². The van der Waals surface area contributed by atoms with E-state index in [1.54, 1.807) is 7.11 Å². The van der Waals surface area contributed by atoms with Gasteiger partial charge in [-0.15, -0.1) is 0 Å². The molecule has 1 aromatic carbocycles. The standard InChI is InChI=1S/C13H14O/c1-14-13-9-7-12(8-10-13)11-5-3-2-4-6-11/h3,5-10H,2,4H2,1H3. The summed E-state index contributed by atoms with van der Waals surface area (Å²) in [6.45, 7) is 0. The molecule has 0 saturated heterocycles. The monoisotopic (exact) mass is 186 g/mol. The van der Waals surface area contributed by atoms with E-state index in [4.69, 9.17) is 4.74 Å². The molecule has 0 N–H and O–H groups in total. The van der Waals surface area contributed by atoms with E-state index in [-0.39, 0.29) is 0 Å². The van der Waals surface area contributed by atoms with Gasteiger partial charge in [0.2, 0.25) is 0 Å². The average molecular weight is 186 g/mol. The molecule has 0 spiro atoms. The van der Waals surface area contributed by atoms with Gasteiger partial charge in [-0.25, -0.2) is 0 Å². The lowest BCUT2D eigenvalue weighted by Gasteiger charge is -2.07. The molecule has 0 unspecified atom stereocenters. The second kappa shape index (κ2) is 4.14. The molecule has 0 saturated carbocycles. The van der Waals surface area contributed by atoms with Crippen molar-refractivity contribution in [3.8, 4) is 5.75 Å². The van der Waals surface area contributed by atoms with E-state index in [2.05, 4.69) is 30.4 Å². The molecule has 14 heavy (non-hydrogen) atoms. The van der Waals surface area contributed by atoms with Gasteiger partial charge in [0.25, 0.3) is 0 Å². The normalized spacial score (nSPS) is 15.1. The van der Waals surface area contributed by atoms with Crippen LogP contribution in [0.2, 0.25) is 0 Å². The van der Waals surface area contributed by atoms with Crippen molar-refractivity contribution in [2.45, 2.75) is 12.8 Å². The maximum atomic E-state index is 5.12. The first-order chi connectivity index (χ1) is 6.90. The second-order valence-electron chi connectivity index (χ2n) is 3.37. The van der Waals surface area contributed by atoms with Crippen LogP contribution in [0.4, 0.5) is 0 Å². The number of benzene rings is 1. The minimum atomic E-state index is 0.911. The third-order valence-electron chi connectivity index (χ3n) is 2.42. The second-order valence-corrected chi connectivity index (χ2v) is 3.37. The summed E-state index contributed by atoms with van der Waals surface area (Å²) in [5.41, 5.74) is 2.58. The smallest absolute Gasteiger partial charge is 0.118 e. The molecule has 0 radical (unpaired) electrons. The fourth-order valence-electron chi connectivity index (χ4n) is 1.61. The van der Waals surface area contributed by atoms with Gasteiger partial charge in [0.1, 0.15) is 5.75 Å². The van der Waals surface area contributed by atoms with Gasteiger partial charge in [0, 0.05) is 0 Å². The van der Waals surface area contributed by atoms with E-state index in [0.717, 1.165) is 12.2 Å². The van der Waals surface area contributed by atoms with Gasteiger partial charge in [-0.05, 0) is 36.1 Å². The Morgan fingerprint density at radius 2 is 1.86 bits per heavy atom. The summed E-state index contributed by atoms with van der Waals surface area (Å²) in [7, 11) is 1.69. The number of rotatable bonds is 2. The first-order valence-corrected chi connectivity index (χ1v) is 4.91. The van der Waals surface area contributed by atoms with Crippen LogP contribution in [0.3, 0.4) is 0 Å². The van der Waals surface area contributed by atoms with Gasteiger partial charge in [-0.1, -0.05) is 30.4 Å². The van der Waals surface area contributed by atoms with Crippen LogP contribution in [-0.2, 0) is 0 Å². The average Bonchev–Trinajstić information content (AvgIpc) is 2.30. The Morgan fingerprint density at radius 3 is 2.43 bits per heavy atom. The van der Waals surface area contributed by atoms with Gasteiger partial charge < -0.3 is 4.74 Å². The highest BCUT2D eigenvalue weighted by Gasteiger charge is 2.00. The summed E-state index contributed by atoms with van der Waals surface area (Å²) in [4.78, 5) is 0. The van der Waals surface area contributed by atoms with Gasteiger partial charge in [0.05, 0.1) is 7.11 Å². The summed E-state index contributed by atoms with van der Waals surface area (Å²) in [5, 5.41) is 0. The topological polar surface area (TPSA) is 9.23 Å². The van der Waals surface area contributed by atoms with E-state index < -0.39 is 0 Å². The predicted molar refractivity (Wildman–Crippen MR) is 59.3 cm³/mol. The van der Waals surface area contributed by atoms with Gasteiger partial charge in [-0.2, -0.15) is 0 Å². The molecule has 0 atom stereocenters. The zero-order chi connectivity index (χ0) is 9.80. The van der Waals surface area contributed by atoms with E-state index in [1.165, 1.54) is 17.6 Å². The van der Waals surface area contributed by atoms with E-state index in [9.17, 15) is 0 Å². The van der Waals surface area contributed by atoms with Crippen molar-refractivity contribution in [1.82, 2.24) is 0 Å². The largest absolute Gasteiger partial charge is 0.497 e. The molecule has 0 bridgehead atoms. The summed E-state index contributed by atoms with van der Waals surface area (Å²) in [6.07, 6.45) is 9.00. The van der Waals surface area contributed by atoms with Crippen LogP contribution >= 0.6 is 0 Å². The van der Waals surface area contributed by atoms with Crippen LogP contribution in [0.15, 0.2) is 42.5 Å². The Morgan fingerprint density at radius 1 is 1.07 bits per heavy atom. The van der Waals surface area contributed by atoms with Crippen molar-refractivity contribution in [1.29, 1.82) is 0 Å². The molecule has 0 heterocycles. The molecule has 0 amide bonds. The Balaban J connectivity index is 2.24. The lowest BCUT2D eigenvalue weighted by molar-refractivity contribution is 0.415. The summed E-state index contributed by atoms with van der Waals surface area (Å²) < 4.78 is 5.12. The van der Waals surface area contributed by atoms with Crippen LogP contribution < -0.4 is 4.74 Å². The molecule has 1 heteroatoms. The minimum Gasteiger partial charge on any atom is -0.497 e. The lowest BCUT2D eigenvalue weighted by Crippen LogP contribution is -1.87. The fourth-order valence-corrected chi connectivity index (χ4v) is 1.61. The number of allylic oxidation sites excluding steroid dienone is 4. The molecular formula is C13H14O.